The highest BCUT2D eigenvalue weighted by Crippen LogP contribution is 2.64. The maximum atomic E-state index is 13.5. The monoisotopic (exact) mass is 649 g/mol. The molecule has 5 nitrogen and oxygen atoms in total. The van der Waals surface area contributed by atoms with Crippen LogP contribution in [0, 0.1) is 5.92 Å². The second kappa shape index (κ2) is 12.0. The summed E-state index contributed by atoms with van der Waals surface area (Å²) in [7, 11) is 0. The van der Waals surface area contributed by atoms with Gasteiger partial charge in [-0.05, 0) is 19.8 Å². The summed E-state index contributed by atoms with van der Waals surface area (Å²) in [5, 5.41) is 8.23. The van der Waals surface area contributed by atoms with Gasteiger partial charge in [-0.2, -0.15) is 70.2 Å². The number of rotatable bonds is 12. The van der Waals surface area contributed by atoms with Crippen LogP contribution in [0.5, 0.6) is 0 Å². The average Bonchev–Trinajstić information content (AvgIpc) is 2.77. The lowest BCUT2D eigenvalue weighted by molar-refractivity contribution is -0.469. The van der Waals surface area contributed by atoms with E-state index in [2.05, 4.69) is 11.3 Å². The molecular formula is C19H20F17NO4. The molecule has 0 bridgehead atoms. The van der Waals surface area contributed by atoms with Crippen molar-refractivity contribution >= 4 is 11.9 Å². The number of nitrogens with two attached hydrogens (primary N) is 1. The number of ether oxygens (including phenoxy) is 1. The molecule has 0 aliphatic carbocycles. The topological polar surface area (TPSA) is 89.6 Å². The summed E-state index contributed by atoms with van der Waals surface area (Å²) < 4.78 is 228. The van der Waals surface area contributed by atoms with Crippen LogP contribution < -0.4 is 5.73 Å². The van der Waals surface area contributed by atoms with E-state index in [-0.39, 0.29) is 5.92 Å². The molecule has 1 unspecified atom stereocenters. The number of carbonyl (C=O) groups excluding carboxylic acids is 1. The van der Waals surface area contributed by atoms with Crippen LogP contribution in [-0.4, -0.2) is 76.8 Å². The minimum Gasteiger partial charge on any atom is -0.480 e. The van der Waals surface area contributed by atoms with E-state index in [0.717, 1.165) is 0 Å². The number of carbonyl (C=O) groups is 2. The SMILES string of the molecule is C=C(C)C(=O)OC(F)(F)C(F)(F)C(F)(F)C(F)(F)C(F)(F)C(F)(F)C(F)(F)C(F)(F)C(C)F.CC(C)[C@H](N)C(=O)O. The van der Waals surface area contributed by atoms with Crippen molar-refractivity contribution in [2.75, 3.05) is 0 Å². The number of hydrogen-bond donors (Lipinski definition) is 2. The second-order valence-corrected chi connectivity index (χ2v) is 8.48. The maximum absolute atomic E-state index is 13.5. The molecule has 0 amide bonds. The van der Waals surface area contributed by atoms with Crippen LogP contribution in [0.2, 0.25) is 0 Å². The minimum absolute atomic E-state index is 0.0208. The Morgan fingerprint density at radius 2 is 0.976 bits per heavy atom. The van der Waals surface area contributed by atoms with Gasteiger partial charge in [-0.1, -0.05) is 20.4 Å². The van der Waals surface area contributed by atoms with E-state index in [1.54, 1.807) is 13.8 Å². The fourth-order valence-electron chi connectivity index (χ4n) is 1.98. The van der Waals surface area contributed by atoms with Gasteiger partial charge in [0.05, 0.1) is 0 Å². The summed E-state index contributed by atoms with van der Waals surface area (Å²) in [6.07, 6.45) is -11.7. The summed E-state index contributed by atoms with van der Waals surface area (Å²) in [5.74, 6) is -61.0. The number of halogens is 17. The zero-order valence-electron chi connectivity index (χ0n) is 20.6. The largest absolute Gasteiger partial charge is 0.480 e. The average molecular weight is 649 g/mol. The number of hydrogen-bond acceptors (Lipinski definition) is 4. The predicted octanol–water partition coefficient (Wildman–Crippen LogP) is 6.56. The van der Waals surface area contributed by atoms with Crippen LogP contribution in [0.4, 0.5) is 74.6 Å². The van der Waals surface area contributed by atoms with Gasteiger partial charge in [-0.15, -0.1) is 0 Å². The number of alkyl halides is 17. The molecule has 0 spiro atoms. The first-order valence-corrected chi connectivity index (χ1v) is 10.1. The van der Waals surface area contributed by atoms with Gasteiger partial charge in [0, 0.05) is 5.57 Å². The Hall–Kier alpha value is -2.55. The van der Waals surface area contributed by atoms with Crippen molar-refractivity contribution in [3.63, 3.8) is 0 Å². The summed E-state index contributed by atoms with van der Waals surface area (Å²) in [4.78, 5) is 20.8. The highest BCUT2D eigenvalue weighted by atomic mass is 19.4. The molecule has 3 N–H and O–H groups in total. The van der Waals surface area contributed by atoms with Crippen LogP contribution in [0.1, 0.15) is 27.7 Å². The van der Waals surface area contributed by atoms with Gasteiger partial charge >= 0.3 is 59.5 Å². The number of carboxylic acids is 1. The molecule has 244 valence electrons. The molecule has 0 aromatic heterocycles. The highest BCUT2D eigenvalue weighted by molar-refractivity contribution is 5.87. The van der Waals surface area contributed by atoms with Crippen LogP contribution >= 0.6 is 0 Å². The van der Waals surface area contributed by atoms with Crippen molar-refractivity contribution in [3.05, 3.63) is 12.2 Å². The Morgan fingerprint density at radius 1 is 0.683 bits per heavy atom. The van der Waals surface area contributed by atoms with E-state index >= 15 is 0 Å². The molecule has 0 aromatic carbocycles. The zero-order valence-corrected chi connectivity index (χ0v) is 20.6. The first-order chi connectivity index (χ1) is 17.6. The molecule has 0 aliphatic rings. The van der Waals surface area contributed by atoms with E-state index < -0.39 is 84.2 Å². The third-order valence-electron chi connectivity index (χ3n) is 4.83. The van der Waals surface area contributed by atoms with Gasteiger partial charge in [-0.25, -0.2) is 9.18 Å². The minimum atomic E-state index is -8.69. The van der Waals surface area contributed by atoms with Crippen molar-refractivity contribution in [2.45, 2.75) is 87.5 Å². The van der Waals surface area contributed by atoms with Crippen molar-refractivity contribution in [1.82, 2.24) is 0 Å². The van der Waals surface area contributed by atoms with Crippen LogP contribution in [0.15, 0.2) is 12.2 Å². The van der Waals surface area contributed by atoms with E-state index in [1.807, 2.05) is 0 Å². The van der Waals surface area contributed by atoms with Crippen molar-refractivity contribution in [2.24, 2.45) is 11.7 Å². The molecular weight excluding hydrogens is 629 g/mol. The van der Waals surface area contributed by atoms with E-state index in [1.165, 1.54) is 0 Å². The first-order valence-electron chi connectivity index (χ1n) is 10.1. The fourth-order valence-corrected chi connectivity index (χ4v) is 1.98. The Labute approximate surface area is 218 Å². The molecule has 22 heteroatoms. The van der Waals surface area contributed by atoms with Crippen LogP contribution in [-0.2, 0) is 14.3 Å². The van der Waals surface area contributed by atoms with Crippen molar-refractivity contribution in [1.29, 1.82) is 0 Å². The Balaban J connectivity index is 0. The van der Waals surface area contributed by atoms with Gasteiger partial charge in [0.25, 0.3) is 0 Å². The van der Waals surface area contributed by atoms with Gasteiger partial charge in [-0.3, -0.25) is 4.79 Å². The Morgan fingerprint density at radius 3 is 1.20 bits per heavy atom. The zero-order chi connectivity index (χ0) is 34.2. The quantitative estimate of drug-likeness (QED) is 0.142. The van der Waals surface area contributed by atoms with Crippen molar-refractivity contribution in [3.8, 4) is 0 Å². The summed E-state index contributed by atoms with van der Waals surface area (Å²) in [6.45, 7) is 5.74. The van der Waals surface area contributed by atoms with Crippen LogP contribution in [0.3, 0.4) is 0 Å². The van der Waals surface area contributed by atoms with E-state index in [0.29, 0.717) is 6.92 Å². The second-order valence-electron chi connectivity index (χ2n) is 8.48. The Bertz CT molecular complexity index is 963. The van der Waals surface area contributed by atoms with Gasteiger partial charge in [0.15, 0.2) is 6.17 Å². The lowest BCUT2D eigenvalue weighted by Crippen LogP contribution is -2.75. The molecule has 0 aliphatic heterocycles. The summed E-state index contributed by atoms with van der Waals surface area (Å²) in [6, 6.07) is -0.713. The van der Waals surface area contributed by atoms with Gasteiger partial charge < -0.3 is 15.6 Å². The third-order valence-corrected chi connectivity index (χ3v) is 4.83. The highest BCUT2D eigenvalue weighted by Gasteiger charge is 2.95. The number of aliphatic carboxylic acids is 1. The normalized spacial score (nSPS) is 16.0. The number of carboxylic acid groups (broad SMARTS) is 1. The molecule has 0 saturated carbocycles. The summed E-state index contributed by atoms with van der Waals surface area (Å²) in [5.41, 5.74) is 3.87. The summed E-state index contributed by atoms with van der Waals surface area (Å²) >= 11 is 0. The van der Waals surface area contributed by atoms with Crippen LogP contribution in [0.25, 0.3) is 0 Å². The molecule has 0 radical (unpaired) electrons. The lowest BCUT2D eigenvalue weighted by atomic mass is 9.88. The van der Waals surface area contributed by atoms with Crippen molar-refractivity contribution < 1.29 is 94.1 Å². The first kappa shape index (κ1) is 40.6. The molecule has 41 heavy (non-hydrogen) atoms. The van der Waals surface area contributed by atoms with Gasteiger partial charge in [0.2, 0.25) is 0 Å². The molecule has 0 aromatic rings. The lowest BCUT2D eigenvalue weighted by Gasteiger charge is -2.43. The standard InChI is InChI=1S/C14H9F17O2.C5H11NO2/c1-4(2)6(32)33-14(30,31)13(28,29)12(26,27)11(24,25)10(22,23)9(20,21)8(18,19)7(16,17)5(3)15;1-3(2)4(6)5(7)8/h5H,1H2,2-3H3;3-4H,6H2,1-2H3,(H,7,8)/t;4-/m.0/s1. The Kier molecular flexibility index (Phi) is 11.9. The molecule has 2 atom stereocenters. The fraction of sp³-hybridized carbons (Fsp3) is 0.789. The smallest absolute Gasteiger partial charge is 0.473 e. The predicted molar refractivity (Wildman–Crippen MR) is 102 cm³/mol. The molecule has 0 heterocycles. The van der Waals surface area contributed by atoms with E-state index in [4.69, 9.17) is 10.8 Å². The number of esters is 1. The van der Waals surface area contributed by atoms with E-state index in [9.17, 15) is 84.2 Å². The molecule has 0 saturated heterocycles. The molecule has 0 fully saturated rings. The van der Waals surface area contributed by atoms with Gasteiger partial charge in [0.1, 0.15) is 6.04 Å². The molecule has 0 rings (SSSR count). The third kappa shape index (κ3) is 6.76. The maximum Gasteiger partial charge on any atom is 0.473 e.